The summed E-state index contributed by atoms with van der Waals surface area (Å²) in [6, 6.07) is 15.2. The number of anilines is 1. The zero-order valence-corrected chi connectivity index (χ0v) is 19.4. The molecule has 1 aromatic heterocycles. The summed E-state index contributed by atoms with van der Waals surface area (Å²) in [4.78, 5) is 16.5. The second-order valence-electron chi connectivity index (χ2n) is 7.67. The maximum Gasteiger partial charge on any atom is 0.262 e. The highest BCUT2D eigenvalue weighted by Crippen LogP contribution is 2.23. The Labute approximate surface area is 188 Å². The van der Waals surface area contributed by atoms with E-state index in [1.807, 2.05) is 26.8 Å². The first-order valence-corrected chi connectivity index (χ1v) is 11.8. The van der Waals surface area contributed by atoms with Gasteiger partial charge in [-0.2, -0.15) is 0 Å². The number of nitrogens with one attached hydrogen (secondary N) is 2. The normalized spacial score (nSPS) is 12.1. The molecule has 0 fully saturated rings. The van der Waals surface area contributed by atoms with Crippen LogP contribution >= 0.6 is 0 Å². The van der Waals surface area contributed by atoms with Gasteiger partial charge in [0.25, 0.3) is 15.9 Å². The van der Waals surface area contributed by atoms with Crippen LogP contribution in [0.25, 0.3) is 0 Å². The average Bonchev–Trinajstić information content (AvgIpc) is 2.75. The molecule has 2 N–H and O–H groups in total. The van der Waals surface area contributed by atoms with Crippen LogP contribution in [-0.4, -0.2) is 25.4 Å². The maximum atomic E-state index is 12.7. The third-order valence-electron chi connectivity index (χ3n) is 4.94. The van der Waals surface area contributed by atoms with Crippen molar-refractivity contribution >= 4 is 21.6 Å². The van der Waals surface area contributed by atoms with Gasteiger partial charge in [0.05, 0.1) is 16.8 Å². The van der Waals surface area contributed by atoms with Gasteiger partial charge in [-0.1, -0.05) is 24.6 Å². The Balaban J connectivity index is 1.65. The number of aromatic nitrogens is 1. The van der Waals surface area contributed by atoms with E-state index < -0.39 is 10.0 Å². The minimum absolute atomic E-state index is 0.105. The minimum Gasteiger partial charge on any atom is -0.439 e. The largest absolute Gasteiger partial charge is 0.439 e. The van der Waals surface area contributed by atoms with Gasteiger partial charge in [-0.25, -0.2) is 13.4 Å². The Morgan fingerprint density at radius 1 is 1.06 bits per heavy atom. The first-order valence-electron chi connectivity index (χ1n) is 10.3. The fraction of sp³-hybridized carbons (Fsp3) is 0.250. The number of sulfonamides is 1. The molecule has 0 saturated carbocycles. The summed E-state index contributed by atoms with van der Waals surface area (Å²) < 4.78 is 33.6. The topological polar surface area (TPSA) is 97.4 Å². The van der Waals surface area contributed by atoms with Gasteiger partial charge in [-0.05, 0) is 69.2 Å². The molecule has 1 amide bonds. The fourth-order valence-electron chi connectivity index (χ4n) is 3.02. The minimum atomic E-state index is -3.72. The van der Waals surface area contributed by atoms with Crippen molar-refractivity contribution in [3.8, 4) is 11.6 Å². The number of carbonyl (C=O) groups is 1. The van der Waals surface area contributed by atoms with Crippen LogP contribution in [0.2, 0.25) is 0 Å². The van der Waals surface area contributed by atoms with Gasteiger partial charge in [0.1, 0.15) is 5.75 Å². The monoisotopic (exact) mass is 453 g/mol. The van der Waals surface area contributed by atoms with Gasteiger partial charge < -0.3 is 10.1 Å². The molecule has 0 aliphatic rings. The van der Waals surface area contributed by atoms with E-state index in [1.165, 1.54) is 6.20 Å². The van der Waals surface area contributed by atoms with E-state index >= 15 is 0 Å². The molecule has 1 heterocycles. The van der Waals surface area contributed by atoms with Crippen molar-refractivity contribution in [3.63, 3.8) is 0 Å². The highest BCUT2D eigenvalue weighted by Gasteiger charge is 2.17. The summed E-state index contributed by atoms with van der Waals surface area (Å²) in [6.45, 7) is 7.63. The van der Waals surface area contributed by atoms with Gasteiger partial charge in [-0.3, -0.25) is 9.52 Å². The Hall–Kier alpha value is -3.39. The van der Waals surface area contributed by atoms with Crippen molar-refractivity contribution in [2.45, 2.75) is 45.1 Å². The molecular weight excluding hydrogens is 426 g/mol. The van der Waals surface area contributed by atoms with E-state index in [0.29, 0.717) is 28.4 Å². The van der Waals surface area contributed by atoms with E-state index in [4.69, 9.17) is 4.74 Å². The quantitative estimate of drug-likeness (QED) is 0.510. The molecule has 0 aliphatic heterocycles. The Morgan fingerprint density at radius 2 is 1.78 bits per heavy atom. The summed E-state index contributed by atoms with van der Waals surface area (Å²) in [5, 5.41) is 2.91. The van der Waals surface area contributed by atoms with Crippen LogP contribution in [0.3, 0.4) is 0 Å². The number of aryl methyl sites for hydroxylation is 2. The van der Waals surface area contributed by atoms with Crippen LogP contribution in [0.5, 0.6) is 11.6 Å². The molecule has 0 bridgehead atoms. The van der Waals surface area contributed by atoms with E-state index in [-0.39, 0.29) is 16.8 Å². The molecule has 0 aliphatic carbocycles. The van der Waals surface area contributed by atoms with E-state index in [2.05, 4.69) is 15.0 Å². The molecule has 3 rings (SSSR count). The van der Waals surface area contributed by atoms with Gasteiger partial charge in [0, 0.05) is 17.7 Å². The first-order chi connectivity index (χ1) is 15.2. The zero-order valence-electron chi connectivity index (χ0n) is 18.5. The number of hydrogen-bond donors (Lipinski definition) is 2. The molecule has 0 spiro atoms. The number of nitrogens with zero attached hydrogens (tertiary/aromatic N) is 1. The highest BCUT2D eigenvalue weighted by molar-refractivity contribution is 7.92. The lowest BCUT2D eigenvalue weighted by atomic mass is 10.2. The van der Waals surface area contributed by atoms with Crippen LogP contribution in [0, 0.1) is 13.8 Å². The molecule has 8 heteroatoms. The summed E-state index contributed by atoms with van der Waals surface area (Å²) in [5.74, 6) is 0.682. The standard InChI is InChI=1S/C24H27N3O4S/c1-5-18(4)26-24(28)19-7-10-21(11-8-19)31-23-13-9-20(15-25-23)27-32(29,30)22-12-6-16(2)14-17(22)3/h6-15,18,27H,5H2,1-4H3,(H,26,28). The van der Waals surface area contributed by atoms with Crippen molar-refractivity contribution in [1.29, 1.82) is 0 Å². The number of ether oxygens (including phenoxy) is 1. The Bertz CT molecular complexity index is 1190. The number of carbonyl (C=O) groups excluding carboxylic acids is 1. The smallest absolute Gasteiger partial charge is 0.262 e. The molecule has 1 atom stereocenters. The molecule has 168 valence electrons. The van der Waals surface area contributed by atoms with E-state index in [1.54, 1.807) is 55.5 Å². The first kappa shape index (κ1) is 23.3. The number of hydrogen-bond acceptors (Lipinski definition) is 5. The summed E-state index contributed by atoms with van der Waals surface area (Å²) in [6.07, 6.45) is 2.25. The van der Waals surface area contributed by atoms with Crippen LogP contribution in [0.1, 0.15) is 41.8 Å². The summed E-state index contributed by atoms with van der Waals surface area (Å²) >= 11 is 0. The van der Waals surface area contributed by atoms with Crippen LogP contribution in [-0.2, 0) is 10.0 Å². The SMILES string of the molecule is CCC(C)NC(=O)c1ccc(Oc2ccc(NS(=O)(=O)c3ccc(C)cc3C)cn2)cc1. The molecule has 1 unspecified atom stereocenters. The third kappa shape index (κ3) is 5.85. The maximum absolute atomic E-state index is 12.7. The number of benzene rings is 2. The predicted molar refractivity (Wildman–Crippen MR) is 125 cm³/mol. The van der Waals surface area contributed by atoms with Crippen molar-refractivity contribution < 1.29 is 17.9 Å². The summed E-state index contributed by atoms with van der Waals surface area (Å²) in [5.41, 5.74) is 2.54. The lowest BCUT2D eigenvalue weighted by molar-refractivity contribution is 0.0939. The second kappa shape index (κ2) is 9.82. The van der Waals surface area contributed by atoms with Crippen molar-refractivity contribution in [1.82, 2.24) is 10.3 Å². The van der Waals surface area contributed by atoms with Gasteiger partial charge >= 0.3 is 0 Å². The van der Waals surface area contributed by atoms with E-state index in [9.17, 15) is 13.2 Å². The Kier molecular flexibility index (Phi) is 7.15. The molecular formula is C24H27N3O4S. The van der Waals surface area contributed by atoms with Crippen LogP contribution < -0.4 is 14.8 Å². The lowest BCUT2D eigenvalue weighted by Gasteiger charge is -2.12. The van der Waals surface area contributed by atoms with Crippen molar-refractivity contribution in [3.05, 3.63) is 77.5 Å². The average molecular weight is 454 g/mol. The zero-order chi connectivity index (χ0) is 23.3. The molecule has 3 aromatic rings. The van der Waals surface area contributed by atoms with Gasteiger partial charge in [0.2, 0.25) is 5.88 Å². The third-order valence-corrected chi connectivity index (χ3v) is 6.48. The van der Waals surface area contributed by atoms with Gasteiger partial charge in [-0.15, -0.1) is 0 Å². The molecule has 32 heavy (non-hydrogen) atoms. The molecule has 7 nitrogen and oxygen atoms in total. The molecule has 0 radical (unpaired) electrons. The highest BCUT2D eigenvalue weighted by atomic mass is 32.2. The van der Waals surface area contributed by atoms with Crippen LogP contribution in [0.15, 0.2) is 65.7 Å². The summed E-state index contributed by atoms with van der Waals surface area (Å²) in [7, 11) is -3.72. The van der Waals surface area contributed by atoms with Crippen molar-refractivity contribution in [2.75, 3.05) is 4.72 Å². The second-order valence-corrected chi connectivity index (χ2v) is 9.32. The molecule has 0 saturated heterocycles. The predicted octanol–water partition coefficient (Wildman–Crippen LogP) is 4.82. The lowest BCUT2D eigenvalue weighted by Crippen LogP contribution is -2.31. The number of rotatable bonds is 8. The fourth-order valence-corrected chi connectivity index (χ4v) is 4.29. The van der Waals surface area contributed by atoms with Crippen LogP contribution in [0.4, 0.5) is 5.69 Å². The Morgan fingerprint density at radius 3 is 2.38 bits per heavy atom. The van der Waals surface area contributed by atoms with E-state index in [0.717, 1.165) is 12.0 Å². The number of amides is 1. The number of pyridine rings is 1. The molecule has 2 aromatic carbocycles. The van der Waals surface area contributed by atoms with Gasteiger partial charge in [0.15, 0.2) is 0 Å². The van der Waals surface area contributed by atoms with Crippen molar-refractivity contribution in [2.24, 2.45) is 0 Å².